The Labute approximate surface area is 210 Å². The van der Waals surface area contributed by atoms with Gasteiger partial charge in [0, 0.05) is 37.1 Å². The van der Waals surface area contributed by atoms with Gasteiger partial charge in [-0.25, -0.2) is 4.79 Å². The molecule has 3 heterocycles. The van der Waals surface area contributed by atoms with E-state index in [-0.39, 0.29) is 23.5 Å². The number of hydrogen-bond donors (Lipinski definition) is 1. The first-order valence-electron chi connectivity index (χ1n) is 12.1. The van der Waals surface area contributed by atoms with Crippen molar-refractivity contribution < 1.29 is 29.0 Å². The lowest BCUT2D eigenvalue weighted by Crippen LogP contribution is -2.48. The fourth-order valence-corrected chi connectivity index (χ4v) is 5.05. The molecule has 0 bridgehead atoms. The molecule has 1 aromatic heterocycles. The molecule has 9 nitrogen and oxygen atoms in total. The summed E-state index contributed by atoms with van der Waals surface area (Å²) in [6, 6.07) is 6.00. The summed E-state index contributed by atoms with van der Waals surface area (Å²) >= 11 is 0. The molecule has 4 rings (SSSR count). The van der Waals surface area contributed by atoms with Crippen molar-refractivity contribution in [3.8, 4) is 5.75 Å². The molecule has 2 fully saturated rings. The van der Waals surface area contributed by atoms with Crippen molar-refractivity contribution in [3.63, 3.8) is 0 Å². The van der Waals surface area contributed by atoms with Crippen molar-refractivity contribution in [2.45, 2.75) is 45.7 Å². The Morgan fingerprint density at radius 3 is 2.39 bits per heavy atom. The van der Waals surface area contributed by atoms with E-state index in [4.69, 9.17) is 9.47 Å². The SMILES string of the molecule is CCOC(=O)N1CCC(N2C(=O)C(=O)/C(=C(/O)c3cc(C)c(OC)cc3C)C2c2ccncc2)CC1. The lowest BCUT2D eigenvalue weighted by atomic mass is 9.92. The topological polar surface area (TPSA) is 109 Å². The first-order valence-corrected chi connectivity index (χ1v) is 12.1. The van der Waals surface area contributed by atoms with Crippen LogP contribution in [0.1, 0.15) is 48.1 Å². The van der Waals surface area contributed by atoms with Gasteiger partial charge in [-0.15, -0.1) is 0 Å². The van der Waals surface area contributed by atoms with E-state index in [2.05, 4.69) is 4.98 Å². The molecule has 9 heteroatoms. The average molecular weight is 494 g/mol. The van der Waals surface area contributed by atoms with Gasteiger partial charge in [0.2, 0.25) is 0 Å². The molecule has 2 aliphatic rings. The number of pyridine rings is 1. The molecule has 1 unspecified atom stereocenters. The standard InChI is InChI=1S/C27H31N3O6/c1-5-36-27(34)29-12-8-19(9-13-29)30-23(18-6-10-28-11-7-18)22(25(32)26(30)33)24(31)20-14-17(3)21(35-4)15-16(20)2/h6-7,10-11,14-15,19,23,31H,5,8-9,12-13H2,1-4H3/b24-22+. The smallest absolute Gasteiger partial charge is 0.409 e. The number of aliphatic hydroxyl groups excluding tert-OH is 1. The first kappa shape index (κ1) is 25.2. The Hall–Kier alpha value is -3.88. The highest BCUT2D eigenvalue weighted by molar-refractivity contribution is 6.46. The zero-order valence-electron chi connectivity index (χ0n) is 21.0. The number of carbonyl (C=O) groups excluding carboxylic acids is 3. The Morgan fingerprint density at radius 2 is 1.78 bits per heavy atom. The normalized spacial score (nSPS) is 20.1. The Balaban J connectivity index is 1.76. The minimum atomic E-state index is -0.769. The number of nitrogens with zero attached hydrogens (tertiary/aromatic N) is 3. The van der Waals surface area contributed by atoms with Crippen LogP contribution in [0, 0.1) is 13.8 Å². The van der Waals surface area contributed by atoms with Crippen LogP contribution in [0.4, 0.5) is 4.79 Å². The molecule has 2 aliphatic heterocycles. The Morgan fingerprint density at radius 1 is 1.11 bits per heavy atom. The first-order chi connectivity index (χ1) is 17.3. The maximum absolute atomic E-state index is 13.4. The zero-order chi connectivity index (χ0) is 26.0. The lowest BCUT2D eigenvalue weighted by Gasteiger charge is -2.38. The van der Waals surface area contributed by atoms with Crippen molar-refractivity contribution in [2.24, 2.45) is 0 Å². The van der Waals surface area contributed by atoms with E-state index in [0.29, 0.717) is 49.4 Å². The molecule has 1 atom stereocenters. The molecular weight excluding hydrogens is 462 g/mol. The number of hydrogen-bond acceptors (Lipinski definition) is 7. The van der Waals surface area contributed by atoms with Crippen molar-refractivity contribution in [2.75, 3.05) is 26.8 Å². The van der Waals surface area contributed by atoms with E-state index in [1.54, 1.807) is 60.5 Å². The monoisotopic (exact) mass is 493 g/mol. The molecule has 2 aromatic rings. The van der Waals surface area contributed by atoms with Gasteiger partial charge in [-0.1, -0.05) is 0 Å². The number of carbonyl (C=O) groups is 3. The van der Waals surface area contributed by atoms with Gasteiger partial charge >= 0.3 is 6.09 Å². The summed E-state index contributed by atoms with van der Waals surface area (Å²) in [6.45, 7) is 6.54. The van der Waals surface area contributed by atoms with Crippen molar-refractivity contribution in [1.82, 2.24) is 14.8 Å². The molecule has 0 spiro atoms. The summed E-state index contributed by atoms with van der Waals surface area (Å²) < 4.78 is 10.5. The van der Waals surface area contributed by atoms with Gasteiger partial charge in [-0.3, -0.25) is 14.6 Å². The minimum Gasteiger partial charge on any atom is -0.507 e. The average Bonchev–Trinajstić information content (AvgIpc) is 3.15. The highest BCUT2D eigenvalue weighted by atomic mass is 16.6. The van der Waals surface area contributed by atoms with Crippen LogP contribution in [0.15, 0.2) is 42.2 Å². The van der Waals surface area contributed by atoms with Crippen LogP contribution in [0.3, 0.4) is 0 Å². The van der Waals surface area contributed by atoms with Crippen LogP contribution in [-0.4, -0.2) is 70.5 Å². The number of aryl methyl sites for hydroxylation is 2. The fraction of sp³-hybridized carbons (Fsp3) is 0.407. The highest BCUT2D eigenvalue weighted by Gasteiger charge is 2.49. The number of piperidine rings is 1. The van der Waals surface area contributed by atoms with Gasteiger partial charge in [-0.05, 0) is 74.6 Å². The third-order valence-electron chi connectivity index (χ3n) is 6.88. The van der Waals surface area contributed by atoms with E-state index in [9.17, 15) is 19.5 Å². The maximum Gasteiger partial charge on any atom is 0.409 e. The highest BCUT2D eigenvalue weighted by Crippen LogP contribution is 2.43. The Bertz CT molecular complexity index is 1200. The summed E-state index contributed by atoms with van der Waals surface area (Å²) in [6.07, 6.45) is 3.81. The third-order valence-corrected chi connectivity index (χ3v) is 6.88. The van der Waals surface area contributed by atoms with Crippen molar-refractivity contribution in [3.05, 3.63) is 64.5 Å². The van der Waals surface area contributed by atoms with Gasteiger partial charge < -0.3 is 24.4 Å². The summed E-state index contributed by atoms with van der Waals surface area (Å²) in [5.74, 6) is -0.931. The number of benzene rings is 1. The quantitative estimate of drug-likeness (QED) is 0.384. The predicted molar refractivity (Wildman–Crippen MR) is 132 cm³/mol. The summed E-state index contributed by atoms with van der Waals surface area (Å²) in [5.41, 5.74) is 2.72. The zero-order valence-corrected chi connectivity index (χ0v) is 21.0. The largest absolute Gasteiger partial charge is 0.507 e. The molecule has 1 aromatic carbocycles. The van der Waals surface area contributed by atoms with E-state index >= 15 is 0 Å². The number of likely N-dealkylation sites (tertiary alicyclic amines) is 2. The summed E-state index contributed by atoms with van der Waals surface area (Å²) in [4.78, 5) is 46.2. The number of aliphatic hydroxyl groups is 1. The van der Waals surface area contributed by atoms with Gasteiger partial charge in [-0.2, -0.15) is 0 Å². The van der Waals surface area contributed by atoms with Crippen LogP contribution < -0.4 is 4.74 Å². The Kier molecular flexibility index (Phi) is 7.28. The molecule has 1 N–H and O–H groups in total. The number of amides is 2. The molecule has 2 saturated heterocycles. The number of rotatable bonds is 5. The van der Waals surface area contributed by atoms with Crippen LogP contribution in [0.5, 0.6) is 5.75 Å². The van der Waals surface area contributed by atoms with Gasteiger partial charge in [0.05, 0.1) is 25.3 Å². The van der Waals surface area contributed by atoms with Crippen molar-refractivity contribution >= 4 is 23.5 Å². The molecule has 0 saturated carbocycles. The van der Waals surface area contributed by atoms with Crippen molar-refractivity contribution in [1.29, 1.82) is 0 Å². The number of methoxy groups -OCH3 is 1. The van der Waals surface area contributed by atoms with Crippen LogP contribution in [0.25, 0.3) is 5.76 Å². The van der Waals surface area contributed by atoms with E-state index in [1.165, 1.54) is 0 Å². The van der Waals surface area contributed by atoms with E-state index in [1.807, 2.05) is 13.8 Å². The molecule has 36 heavy (non-hydrogen) atoms. The maximum atomic E-state index is 13.4. The molecule has 0 radical (unpaired) electrons. The number of ether oxygens (including phenoxy) is 2. The van der Waals surface area contributed by atoms with E-state index < -0.39 is 17.7 Å². The minimum absolute atomic E-state index is 0.0479. The van der Waals surface area contributed by atoms with Gasteiger partial charge in [0.15, 0.2) is 0 Å². The van der Waals surface area contributed by atoms with E-state index in [0.717, 1.165) is 11.1 Å². The number of ketones is 1. The second-order valence-corrected chi connectivity index (χ2v) is 9.04. The molecule has 190 valence electrons. The second kappa shape index (κ2) is 10.4. The molecule has 0 aliphatic carbocycles. The van der Waals surface area contributed by atoms with Gasteiger partial charge in [0.1, 0.15) is 11.5 Å². The summed E-state index contributed by atoms with van der Waals surface area (Å²) in [5, 5.41) is 11.5. The number of Topliss-reactive ketones (excluding diaryl/α,β-unsaturated/α-hetero) is 1. The second-order valence-electron chi connectivity index (χ2n) is 9.04. The van der Waals surface area contributed by atoms with Crippen LogP contribution in [0.2, 0.25) is 0 Å². The predicted octanol–water partition coefficient (Wildman–Crippen LogP) is 3.75. The lowest BCUT2D eigenvalue weighted by molar-refractivity contribution is -0.142. The van der Waals surface area contributed by atoms with Crippen LogP contribution in [-0.2, 0) is 14.3 Å². The number of aromatic nitrogens is 1. The third kappa shape index (κ3) is 4.53. The van der Waals surface area contributed by atoms with Gasteiger partial charge in [0.25, 0.3) is 11.7 Å². The molecule has 2 amide bonds. The fourth-order valence-electron chi connectivity index (χ4n) is 5.05. The van der Waals surface area contributed by atoms with Crippen LogP contribution >= 0.6 is 0 Å². The summed E-state index contributed by atoms with van der Waals surface area (Å²) in [7, 11) is 1.57. The molecular formula is C27H31N3O6.